The normalized spacial score (nSPS) is 18.3. The van der Waals surface area contributed by atoms with E-state index in [-0.39, 0.29) is 11.4 Å². The smallest absolute Gasteiger partial charge is 0.314 e. The molecule has 138 valence electrons. The Kier molecular flexibility index (Phi) is 3.40. The molecule has 2 aliphatic rings. The summed E-state index contributed by atoms with van der Waals surface area (Å²) in [6.45, 7) is 4.37. The molecule has 1 fully saturated rings. The SMILES string of the molecule is Cc1ccc2c(c1)C1(CCN(C(N)=O)CC1)CN2c1ncnc2[nH]ccc12. The maximum atomic E-state index is 11.6. The van der Waals surface area contributed by atoms with Crippen LogP contribution in [0, 0.1) is 6.92 Å². The van der Waals surface area contributed by atoms with Crippen molar-refractivity contribution in [3.8, 4) is 0 Å². The number of H-pyrrole nitrogens is 1. The summed E-state index contributed by atoms with van der Waals surface area (Å²) in [7, 11) is 0. The van der Waals surface area contributed by atoms with Crippen molar-refractivity contribution in [2.75, 3.05) is 24.5 Å². The number of rotatable bonds is 1. The minimum atomic E-state index is -0.325. The maximum absolute atomic E-state index is 11.6. The number of likely N-dealkylation sites (tertiary alicyclic amines) is 1. The Morgan fingerprint density at radius 2 is 2.04 bits per heavy atom. The van der Waals surface area contributed by atoms with Crippen molar-refractivity contribution in [1.29, 1.82) is 0 Å². The van der Waals surface area contributed by atoms with Crippen molar-refractivity contribution in [3.05, 3.63) is 47.9 Å². The second-order valence-corrected chi connectivity index (χ2v) is 7.65. The van der Waals surface area contributed by atoms with Crippen molar-refractivity contribution in [2.24, 2.45) is 5.73 Å². The molecule has 27 heavy (non-hydrogen) atoms. The number of nitrogens with zero attached hydrogens (tertiary/aromatic N) is 4. The molecule has 0 unspecified atom stereocenters. The Morgan fingerprint density at radius 3 is 2.81 bits per heavy atom. The quantitative estimate of drug-likeness (QED) is 0.696. The third-order valence-electron chi connectivity index (χ3n) is 6.10. The number of nitrogens with one attached hydrogen (secondary N) is 1. The van der Waals surface area contributed by atoms with Gasteiger partial charge in [0.05, 0.1) is 5.39 Å². The Balaban J connectivity index is 1.60. The Labute approximate surface area is 157 Å². The molecule has 2 aliphatic heterocycles. The number of nitrogens with two attached hydrogens (primary N) is 1. The molecule has 7 nitrogen and oxygen atoms in total. The summed E-state index contributed by atoms with van der Waals surface area (Å²) < 4.78 is 0. The zero-order valence-corrected chi connectivity index (χ0v) is 15.3. The molecule has 7 heteroatoms. The molecule has 0 atom stereocenters. The Bertz CT molecular complexity index is 1030. The molecule has 5 rings (SSSR count). The molecule has 0 saturated carbocycles. The van der Waals surface area contributed by atoms with E-state index >= 15 is 0 Å². The number of carbonyl (C=O) groups excluding carboxylic acids is 1. The minimum absolute atomic E-state index is 0.0148. The van der Waals surface area contributed by atoms with Gasteiger partial charge in [0.2, 0.25) is 0 Å². The molecular weight excluding hydrogens is 340 g/mol. The van der Waals surface area contributed by atoms with Gasteiger partial charge in [-0.2, -0.15) is 0 Å². The average Bonchev–Trinajstić information content (AvgIpc) is 3.26. The first kappa shape index (κ1) is 16.1. The van der Waals surface area contributed by atoms with Crippen LogP contribution in [0.3, 0.4) is 0 Å². The monoisotopic (exact) mass is 362 g/mol. The highest BCUT2D eigenvalue weighted by atomic mass is 16.2. The number of amides is 2. The van der Waals surface area contributed by atoms with Gasteiger partial charge in [-0.1, -0.05) is 17.7 Å². The van der Waals surface area contributed by atoms with E-state index in [1.807, 2.05) is 12.3 Å². The van der Waals surface area contributed by atoms with E-state index in [1.54, 1.807) is 11.2 Å². The van der Waals surface area contributed by atoms with Crippen LogP contribution in [0.2, 0.25) is 0 Å². The van der Waals surface area contributed by atoms with E-state index in [1.165, 1.54) is 16.8 Å². The first-order valence-corrected chi connectivity index (χ1v) is 9.29. The Hall–Kier alpha value is -3.09. The van der Waals surface area contributed by atoms with E-state index < -0.39 is 0 Å². The first-order valence-electron chi connectivity index (χ1n) is 9.29. The Morgan fingerprint density at radius 1 is 1.22 bits per heavy atom. The van der Waals surface area contributed by atoms with Gasteiger partial charge in [0.1, 0.15) is 17.8 Å². The van der Waals surface area contributed by atoms with Crippen LogP contribution in [-0.4, -0.2) is 45.5 Å². The lowest BCUT2D eigenvalue weighted by Gasteiger charge is -2.39. The molecule has 1 spiro atoms. The predicted octanol–water partition coefficient (Wildman–Crippen LogP) is 2.83. The number of fused-ring (bicyclic) bond motifs is 3. The third-order valence-corrected chi connectivity index (χ3v) is 6.10. The number of benzene rings is 1. The molecule has 2 amide bonds. The van der Waals surface area contributed by atoms with Gasteiger partial charge in [0, 0.05) is 36.9 Å². The van der Waals surface area contributed by atoms with E-state index in [2.05, 4.69) is 45.0 Å². The highest BCUT2D eigenvalue weighted by Gasteiger charge is 2.46. The molecule has 3 aromatic rings. The van der Waals surface area contributed by atoms with Crippen LogP contribution >= 0.6 is 0 Å². The van der Waals surface area contributed by atoms with Gasteiger partial charge in [-0.05, 0) is 37.5 Å². The number of urea groups is 1. The fraction of sp³-hybridized carbons (Fsp3) is 0.350. The number of piperidine rings is 1. The summed E-state index contributed by atoms with van der Waals surface area (Å²) in [5.74, 6) is 0.931. The van der Waals surface area contributed by atoms with E-state index in [9.17, 15) is 4.79 Å². The predicted molar refractivity (Wildman–Crippen MR) is 104 cm³/mol. The van der Waals surface area contributed by atoms with Crippen LogP contribution < -0.4 is 10.6 Å². The summed E-state index contributed by atoms with van der Waals surface area (Å²) in [6.07, 6.45) is 5.33. The maximum Gasteiger partial charge on any atom is 0.314 e. The largest absolute Gasteiger partial charge is 0.351 e. The standard InChI is InChI=1S/C20H22N6O/c1-13-2-3-16-15(10-13)20(5-8-25(9-6-20)19(21)27)11-26(16)18-14-4-7-22-17(14)23-12-24-18/h2-4,7,10,12H,5-6,8-9,11H2,1H3,(H2,21,27)(H,22,23,24). The highest BCUT2D eigenvalue weighted by Crippen LogP contribution is 2.50. The zero-order valence-electron chi connectivity index (χ0n) is 15.3. The number of carbonyl (C=O) groups is 1. The second-order valence-electron chi connectivity index (χ2n) is 7.65. The number of aryl methyl sites for hydroxylation is 1. The van der Waals surface area contributed by atoms with Crippen molar-refractivity contribution in [3.63, 3.8) is 0 Å². The lowest BCUT2D eigenvalue weighted by molar-refractivity contribution is 0.170. The van der Waals surface area contributed by atoms with Gasteiger partial charge in [-0.25, -0.2) is 14.8 Å². The number of aromatic amines is 1. The van der Waals surface area contributed by atoms with E-state index in [0.29, 0.717) is 13.1 Å². The first-order chi connectivity index (χ1) is 13.1. The topological polar surface area (TPSA) is 91.1 Å². The van der Waals surface area contributed by atoms with Gasteiger partial charge in [-0.3, -0.25) is 0 Å². The molecule has 1 saturated heterocycles. The van der Waals surface area contributed by atoms with Crippen molar-refractivity contribution < 1.29 is 4.79 Å². The molecule has 4 heterocycles. The van der Waals surface area contributed by atoms with Crippen molar-refractivity contribution in [2.45, 2.75) is 25.2 Å². The van der Waals surface area contributed by atoms with Crippen LogP contribution in [0.1, 0.15) is 24.0 Å². The summed E-state index contributed by atoms with van der Waals surface area (Å²) in [5.41, 5.74) is 10.2. The molecule has 0 bridgehead atoms. The minimum Gasteiger partial charge on any atom is -0.351 e. The summed E-state index contributed by atoms with van der Waals surface area (Å²) in [5, 5.41) is 1.02. The van der Waals surface area contributed by atoms with Crippen molar-refractivity contribution in [1.82, 2.24) is 19.9 Å². The summed E-state index contributed by atoms with van der Waals surface area (Å²) >= 11 is 0. The summed E-state index contributed by atoms with van der Waals surface area (Å²) in [6, 6.07) is 8.34. The number of aromatic nitrogens is 3. The van der Waals surface area contributed by atoms with Gasteiger partial charge in [0.25, 0.3) is 0 Å². The number of anilines is 2. The van der Waals surface area contributed by atoms with Crippen LogP contribution in [0.5, 0.6) is 0 Å². The van der Waals surface area contributed by atoms with Crippen molar-refractivity contribution >= 4 is 28.6 Å². The van der Waals surface area contributed by atoms with Gasteiger partial charge in [-0.15, -0.1) is 0 Å². The fourth-order valence-corrected chi connectivity index (χ4v) is 4.63. The zero-order chi connectivity index (χ0) is 18.6. The van der Waals surface area contributed by atoms with Gasteiger partial charge < -0.3 is 20.5 Å². The molecule has 2 aromatic heterocycles. The van der Waals surface area contributed by atoms with Crippen LogP contribution in [0.15, 0.2) is 36.8 Å². The molecule has 0 aliphatic carbocycles. The molecule has 3 N–H and O–H groups in total. The van der Waals surface area contributed by atoms with E-state index in [0.717, 1.165) is 36.2 Å². The van der Waals surface area contributed by atoms with Crippen LogP contribution in [-0.2, 0) is 5.41 Å². The number of hydrogen-bond acceptors (Lipinski definition) is 4. The van der Waals surface area contributed by atoms with E-state index in [4.69, 9.17) is 5.73 Å². The molecular formula is C20H22N6O. The molecule has 1 aromatic carbocycles. The van der Waals surface area contributed by atoms with Crippen LogP contribution in [0.25, 0.3) is 11.0 Å². The molecule has 0 radical (unpaired) electrons. The fourth-order valence-electron chi connectivity index (χ4n) is 4.63. The lowest BCUT2D eigenvalue weighted by atomic mass is 9.74. The lowest BCUT2D eigenvalue weighted by Crippen LogP contribution is -2.48. The second kappa shape index (κ2) is 5.70. The number of hydrogen-bond donors (Lipinski definition) is 2. The third kappa shape index (κ3) is 2.38. The highest BCUT2D eigenvalue weighted by molar-refractivity contribution is 5.91. The number of primary amides is 1. The van der Waals surface area contributed by atoms with Gasteiger partial charge in [0.15, 0.2) is 0 Å². The summed E-state index contributed by atoms with van der Waals surface area (Å²) in [4.78, 5) is 27.7. The van der Waals surface area contributed by atoms with Gasteiger partial charge >= 0.3 is 6.03 Å². The average molecular weight is 362 g/mol. The van der Waals surface area contributed by atoms with Crippen LogP contribution in [0.4, 0.5) is 16.3 Å².